The number of carbonyl (C=O) groups excluding carboxylic acids is 4. The van der Waals surface area contributed by atoms with Gasteiger partial charge in [0.05, 0.1) is 29.5 Å². The molecule has 2 unspecified atom stereocenters. The van der Waals surface area contributed by atoms with Crippen LogP contribution in [0.5, 0.6) is 0 Å². The van der Waals surface area contributed by atoms with Gasteiger partial charge >= 0.3 is 11.9 Å². The monoisotopic (exact) mass is 571 g/mol. The molecule has 2 rings (SSSR count). The van der Waals surface area contributed by atoms with Gasteiger partial charge < -0.3 is 26.6 Å². The van der Waals surface area contributed by atoms with Gasteiger partial charge in [-0.2, -0.15) is 0 Å². The Balaban J connectivity index is 2.19. The van der Waals surface area contributed by atoms with Crippen molar-refractivity contribution in [1.29, 1.82) is 0 Å². The lowest BCUT2D eigenvalue weighted by atomic mass is 9.83. The number of aromatic carboxylic acids is 1. The number of hydrogen-bond donors (Lipinski definition) is 5. The van der Waals surface area contributed by atoms with Gasteiger partial charge in [0, 0.05) is 0 Å². The molecular formula is C30H41N3O8. The van der Waals surface area contributed by atoms with Crippen molar-refractivity contribution in [1.82, 2.24) is 10.6 Å². The lowest BCUT2D eigenvalue weighted by Gasteiger charge is -2.26. The van der Waals surface area contributed by atoms with E-state index in [-0.39, 0.29) is 29.4 Å². The van der Waals surface area contributed by atoms with Gasteiger partial charge in [-0.3, -0.25) is 24.0 Å². The van der Waals surface area contributed by atoms with Gasteiger partial charge in [0.25, 0.3) is 5.91 Å². The predicted molar refractivity (Wildman–Crippen MR) is 151 cm³/mol. The number of carbonyl (C=O) groups is 6. The second kappa shape index (κ2) is 16.3. The van der Waals surface area contributed by atoms with Crippen LogP contribution in [0.15, 0.2) is 36.4 Å². The summed E-state index contributed by atoms with van der Waals surface area (Å²) in [6.45, 7) is 3.71. The first-order valence-electron chi connectivity index (χ1n) is 14.0. The number of nitrogens with two attached hydrogens (primary N) is 1. The number of carboxylic acid groups (broad SMARTS) is 2. The average molecular weight is 572 g/mol. The molecule has 3 amide bonds. The molecule has 6 N–H and O–H groups in total. The summed E-state index contributed by atoms with van der Waals surface area (Å²) < 4.78 is 0. The van der Waals surface area contributed by atoms with Crippen molar-refractivity contribution in [2.24, 2.45) is 23.5 Å². The van der Waals surface area contributed by atoms with Crippen LogP contribution in [0, 0.1) is 17.8 Å². The Labute approximate surface area is 239 Å². The molecule has 1 aromatic carbocycles. The van der Waals surface area contributed by atoms with E-state index in [0.717, 1.165) is 32.1 Å². The maximum Gasteiger partial charge on any atom is 0.336 e. The summed E-state index contributed by atoms with van der Waals surface area (Å²) in [5.41, 5.74) is 5.15. The number of amides is 3. The topological polar surface area (TPSA) is 193 Å². The molecule has 0 aliphatic heterocycles. The number of carboxylic acids is 2. The third-order valence-electron chi connectivity index (χ3n) is 7.21. The van der Waals surface area contributed by atoms with E-state index in [2.05, 4.69) is 10.6 Å². The van der Waals surface area contributed by atoms with Crippen molar-refractivity contribution in [3.63, 3.8) is 0 Å². The minimum atomic E-state index is -1.26. The summed E-state index contributed by atoms with van der Waals surface area (Å²) in [7, 11) is 0. The molecule has 0 radical (unpaired) electrons. The lowest BCUT2D eigenvalue weighted by molar-refractivity contribution is -0.141. The third-order valence-corrected chi connectivity index (χ3v) is 7.21. The van der Waals surface area contributed by atoms with E-state index in [4.69, 9.17) is 5.73 Å². The average Bonchev–Trinajstić information content (AvgIpc) is 2.91. The van der Waals surface area contributed by atoms with Gasteiger partial charge in [0.15, 0.2) is 5.78 Å². The molecule has 3 atom stereocenters. The molecule has 1 fully saturated rings. The van der Waals surface area contributed by atoms with Crippen molar-refractivity contribution in [3.05, 3.63) is 47.5 Å². The fourth-order valence-corrected chi connectivity index (χ4v) is 5.07. The van der Waals surface area contributed by atoms with E-state index in [1.54, 1.807) is 0 Å². The first-order chi connectivity index (χ1) is 19.4. The van der Waals surface area contributed by atoms with Gasteiger partial charge in [0.1, 0.15) is 6.04 Å². The lowest BCUT2D eigenvalue weighted by Crippen LogP contribution is -2.47. The van der Waals surface area contributed by atoms with Crippen LogP contribution in [-0.4, -0.2) is 57.7 Å². The molecule has 0 aromatic heterocycles. The molecule has 0 heterocycles. The maximum atomic E-state index is 13.3. The van der Waals surface area contributed by atoms with Crippen LogP contribution in [0.3, 0.4) is 0 Å². The molecular weight excluding hydrogens is 530 g/mol. The Morgan fingerprint density at radius 1 is 0.951 bits per heavy atom. The predicted octanol–water partition coefficient (Wildman–Crippen LogP) is 3.08. The van der Waals surface area contributed by atoms with Crippen LogP contribution in [-0.2, 0) is 19.2 Å². The third kappa shape index (κ3) is 11.2. The van der Waals surface area contributed by atoms with Crippen LogP contribution in [0.2, 0.25) is 0 Å². The number of aliphatic carboxylic acids is 1. The molecule has 1 aliphatic carbocycles. The van der Waals surface area contributed by atoms with Crippen molar-refractivity contribution in [3.8, 4) is 0 Å². The molecule has 0 saturated heterocycles. The smallest absolute Gasteiger partial charge is 0.336 e. The molecule has 224 valence electrons. The summed E-state index contributed by atoms with van der Waals surface area (Å²) in [6.07, 6.45) is 7.63. The number of nitrogens with one attached hydrogen (secondary N) is 2. The van der Waals surface area contributed by atoms with Crippen molar-refractivity contribution >= 4 is 35.4 Å². The van der Waals surface area contributed by atoms with Crippen LogP contribution in [0.4, 0.5) is 0 Å². The summed E-state index contributed by atoms with van der Waals surface area (Å²) in [6, 6.07) is 3.86. The maximum absolute atomic E-state index is 13.3. The number of hydrogen-bond acceptors (Lipinski definition) is 6. The van der Waals surface area contributed by atoms with Crippen LogP contribution >= 0.6 is 0 Å². The SMILES string of the molecule is CC(C)C[C@H](NC(=O)C(C/C=C/C(=O)C(CC1CCCCC1)NC(=O)c1ccccc1C(=O)O)CC(=O)O)C(N)=O. The first-order valence-corrected chi connectivity index (χ1v) is 14.0. The standard InChI is InChI=1S/C30H41N3O8/c1-18(2)15-24(27(31)37)33-28(38)20(17-26(35)36)11-8-14-25(34)23(16-19-9-4-3-5-10-19)32-29(39)21-12-6-7-13-22(21)30(40)41/h6-8,12-14,18-20,23-24H,3-5,9-11,15-17H2,1-2H3,(H2,31,37)(H,32,39)(H,33,38)(H,35,36)(H,40,41)/b14-8+/t20?,23?,24-/m0/s1. The Morgan fingerprint density at radius 3 is 2.15 bits per heavy atom. The molecule has 1 aromatic rings. The first kappa shape index (κ1) is 33.2. The Morgan fingerprint density at radius 2 is 1.59 bits per heavy atom. The second-order valence-electron chi connectivity index (χ2n) is 11.0. The highest BCUT2D eigenvalue weighted by Gasteiger charge is 2.28. The number of ketones is 1. The molecule has 1 aliphatic rings. The van der Waals surface area contributed by atoms with E-state index < -0.39 is 59.9 Å². The van der Waals surface area contributed by atoms with Crippen LogP contribution in [0.25, 0.3) is 0 Å². The molecule has 41 heavy (non-hydrogen) atoms. The van der Waals surface area contributed by atoms with Gasteiger partial charge in [-0.15, -0.1) is 0 Å². The minimum Gasteiger partial charge on any atom is -0.481 e. The van der Waals surface area contributed by atoms with Gasteiger partial charge in [-0.25, -0.2) is 4.79 Å². The molecule has 0 bridgehead atoms. The van der Waals surface area contributed by atoms with E-state index in [0.29, 0.717) is 12.8 Å². The van der Waals surface area contributed by atoms with Crippen molar-refractivity contribution in [2.75, 3.05) is 0 Å². The Bertz CT molecular complexity index is 1140. The molecule has 1 saturated carbocycles. The largest absolute Gasteiger partial charge is 0.481 e. The van der Waals surface area contributed by atoms with E-state index in [1.807, 2.05) is 13.8 Å². The zero-order valence-electron chi connectivity index (χ0n) is 23.6. The quantitative estimate of drug-likeness (QED) is 0.187. The number of benzene rings is 1. The summed E-state index contributed by atoms with van der Waals surface area (Å²) in [5, 5.41) is 24.0. The molecule has 11 nitrogen and oxygen atoms in total. The Kier molecular flexibility index (Phi) is 13.2. The summed E-state index contributed by atoms with van der Waals surface area (Å²) in [4.78, 5) is 73.9. The number of primary amides is 1. The fourth-order valence-electron chi connectivity index (χ4n) is 5.07. The molecule has 11 heteroatoms. The minimum absolute atomic E-state index is 0.0574. The van der Waals surface area contributed by atoms with Gasteiger partial charge in [0.2, 0.25) is 11.8 Å². The number of allylic oxidation sites excluding steroid dienone is 1. The Hall–Kier alpha value is -4.02. The van der Waals surface area contributed by atoms with Crippen LogP contribution in [0.1, 0.15) is 92.4 Å². The van der Waals surface area contributed by atoms with Gasteiger partial charge in [-0.05, 0) is 49.3 Å². The van der Waals surface area contributed by atoms with E-state index >= 15 is 0 Å². The van der Waals surface area contributed by atoms with E-state index in [9.17, 15) is 39.0 Å². The molecule has 0 spiro atoms. The fraction of sp³-hybridized carbons (Fsp3) is 0.533. The highest BCUT2D eigenvalue weighted by molar-refractivity contribution is 6.07. The summed E-state index contributed by atoms with van der Waals surface area (Å²) >= 11 is 0. The zero-order valence-corrected chi connectivity index (χ0v) is 23.6. The zero-order chi connectivity index (χ0) is 30.5. The highest BCUT2D eigenvalue weighted by Crippen LogP contribution is 2.28. The van der Waals surface area contributed by atoms with Crippen molar-refractivity contribution < 1.29 is 39.0 Å². The number of rotatable bonds is 16. The summed E-state index contributed by atoms with van der Waals surface area (Å²) in [5.74, 6) is -5.79. The van der Waals surface area contributed by atoms with E-state index in [1.165, 1.54) is 36.4 Å². The van der Waals surface area contributed by atoms with Gasteiger partial charge in [-0.1, -0.05) is 64.2 Å². The van der Waals surface area contributed by atoms with Crippen molar-refractivity contribution in [2.45, 2.75) is 83.7 Å². The normalized spacial score (nSPS) is 16.1. The van der Waals surface area contributed by atoms with Crippen LogP contribution < -0.4 is 16.4 Å². The second-order valence-corrected chi connectivity index (χ2v) is 11.0. The highest BCUT2D eigenvalue weighted by atomic mass is 16.4.